The van der Waals surface area contributed by atoms with E-state index in [2.05, 4.69) is 17.5 Å². The van der Waals surface area contributed by atoms with Gasteiger partial charge in [0.25, 0.3) is 5.91 Å². The number of hydrazone groups is 1. The largest absolute Gasteiger partial charge is 0.484 e. The Hall–Kier alpha value is -1.84. The molecule has 1 amide bonds. The van der Waals surface area contributed by atoms with Crippen molar-refractivity contribution in [2.45, 2.75) is 32.6 Å². The fourth-order valence-electron chi connectivity index (χ4n) is 2.32. The monoisotopic (exact) mass is 260 g/mol. The number of para-hydroxylation sites is 1. The standard InChI is InChI=1S/C15H20N2O2/c1-2-12-7-6-10-14(12)16-17-15(18)11-19-13-8-4-3-5-9-13/h3-5,8-9,12H,2,6-7,10-11H2,1H3,(H,17,18)/b16-14+. The summed E-state index contributed by atoms with van der Waals surface area (Å²) < 4.78 is 5.35. The third kappa shape index (κ3) is 4.09. The molecule has 1 aromatic carbocycles. The number of rotatable bonds is 5. The van der Waals surface area contributed by atoms with Crippen LogP contribution in [0.25, 0.3) is 0 Å². The highest BCUT2D eigenvalue weighted by molar-refractivity contribution is 5.89. The highest BCUT2D eigenvalue weighted by Crippen LogP contribution is 2.24. The number of amides is 1. The van der Waals surface area contributed by atoms with Crippen LogP contribution in [0.3, 0.4) is 0 Å². The van der Waals surface area contributed by atoms with Crippen LogP contribution in [0.4, 0.5) is 0 Å². The van der Waals surface area contributed by atoms with Crippen molar-refractivity contribution in [2.75, 3.05) is 6.61 Å². The Morgan fingerprint density at radius 3 is 2.95 bits per heavy atom. The first-order valence-electron chi connectivity index (χ1n) is 6.82. The average Bonchev–Trinajstić information content (AvgIpc) is 2.91. The van der Waals surface area contributed by atoms with E-state index in [4.69, 9.17) is 4.74 Å². The van der Waals surface area contributed by atoms with Crippen LogP contribution in [0.15, 0.2) is 35.4 Å². The van der Waals surface area contributed by atoms with E-state index in [1.165, 1.54) is 12.8 Å². The molecule has 1 aromatic rings. The summed E-state index contributed by atoms with van der Waals surface area (Å²) in [6.45, 7) is 2.16. The minimum Gasteiger partial charge on any atom is -0.484 e. The van der Waals surface area contributed by atoms with Gasteiger partial charge >= 0.3 is 0 Å². The summed E-state index contributed by atoms with van der Waals surface area (Å²) in [4.78, 5) is 11.6. The third-order valence-electron chi connectivity index (χ3n) is 3.39. The molecule has 1 saturated carbocycles. The Morgan fingerprint density at radius 1 is 1.42 bits per heavy atom. The number of benzene rings is 1. The summed E-state index contributed by atoms with van der Waals surface area (Å²) >= 11 is 0. The number of carbonyl (C=O) groups excluding carboxylic acids is 1. The molecule has 0 aliphatic heterocycles. The van der Waals surface area contributed by atoms with Crippen molar-refractivity contribution in [1.82, 2.24) is 5.43 Å². The van der Waals surface area contributed by atoms with Crippen molar-refractivity contribution in [3.05, 3.63) is 30.3 Å². The second kappa shape index (κ2) is 6.92. The lowest BCUT2D eigenvalue weighted by atomic mass is 10.0. The highest BCUT2D eigenvalue weighted by atomic mass is 16.5. The zero-order chi connectivity index (χ0) is 13.5. The van der Waals surface area contributed by atoms with Gasteiger partial charge in [-0.2, -0.15) is 5.10 Å². The van der Waals surface area contributed by atoms with Crippen molar-refractivity contribution in [3.63, 3.8) is 0 Å². The molecule has 1 aliphatic rings. The normalized spacial score (nSPS) is 20.5. The Morgan fingerprint density at radius 2 is 2.21 bits per heavy atom. The van der Waals surface area contributed by atoms with Crippen molar-refractivity contribution in [3.8, 4) is 5.75 Å². The van der Waals surface area contributed by atoms with E-state index in [9.17, 15) is 4.79 Å². The molecule has 1 atom stereocenters. The Labute approximate surface area is 113 Å². The summed E-state index contributed by atoms with van der Waals surface area (Å²) in [7, 11) is 0. The molecule has 1 aliphatic carbocycles. The van der Waals surface area contributed by atoms with Crippen molar-refractivity contribution >= 4 is 11.6 Å². The molecule has 0 spiro atoms. The number of hydrogen-bond donors (Lipinski definition) is 1. The van der Waals surface area contributed by atoms with E-state index < -0.39 is 0 Å². The molecule has 4 heteroatoms. The molecule has 1 fully saturated rings. The predicted molar refractivity (Wildman–Crippen MR) is 75.1 cm³/mol. The molecular formula is C15H20N2O2. The second-order valence-electron chi connectivity index (χ2n) is 4.74. The first-order chi connectivity index (χ1) is 9.29. The zero-order valence-electron chi connectivity index (χ0n) is 11.3. The summed E-state index contributed by atoms with van der Waals surface area (Å²) in [6.07, 6.45) is 4.45. The van der Waals surface area contributed by atoms with Crippen LogP contribution in [-0.2, 0) is 4.79 Å². The van der Waals surface area contributed by atoms with Gasteiger partial charge in [-0.05, 0) is 43.7 Å². The molecule has 4 nitrogen and oxygen atoms in total. The highest BCUT2D eigenvalue weighted by Gasteiger charge is 2.20. The van der Waals surface area contributed by atoms with Crippen molar-refractivity contribution in [1.29, 1.82) is 0 Å². The zero-order valence-corrected chi connectivity index (χ0v) is 11.3. The van der Waals surface area contributed by atoms with Crippen LogP contribution >= 0.6 is 0 Å². The molecular weight excluding hydrogens is 240 g/mol. The topological polar surface area (TPSA) is 50.7 Å². The molecule has 102 valence electrons. The van der Waals surface area contributed by atoms with Gasteiger partial charge in [0.15, 0.2) is 6.61 Å². The van der Waals surface area contributed by atoms with Gasteiger partial charge in [0, 0.05) is 5.71 Å². The lowest BCUT2D eigenvalue weighted by Crippen LogP contribution is -2.26. The average molecular weight is 260 g/mol. The van der Waals surface area contributed by atoms with E-state index in [0.29, 0.717) is 11.7 Å². The van der Waals surface area contributed by atoms with Gasteiger partial charge in [-0.1, -0.05) is 25.1 Å². The Bertz CT molecular complexity index is 443. The second-order valence-corrected chi connectivity index (χ2v) is 4.74. The number of hydrogen-bond acceptors (Lipinski definition) is 3. The molecule has 0 heterocycles. The molecule has 0 bridgehead atoms. The number of ether oxygens (including phenoxy) is 1. The Kier molecular flexibility index (Phi) is 4.95. The maximum atomic E-state index is 11.6. The lowest BCUT2D eigenvalue weighted by Gasteiger charge is -2.08. The number of carbonyl (C=O) groups is 1. The van der Waals surface area contributed by atoms with E-state index >= 15 is 0 Å². The van der Waals surface area contributed by atoms with Crippen LogP contribution in [0.1, 0.15) is 32.6 Å². The van der Waals surface area contributed by atoms with Crippen LogP contribution in [0, 0.1) is 5.92 Å². The third-order valence-corrected chi connectivity index (χ3v) is 3.39. The SMILES string of the molecule is CCC1CCC/C1=N\NC(=O)COc1ccccc1. The van der Waals surface area contributed by atoms with Crippen LogP contribution in [0.2, 0.25) is 0 Å². The van der Waals surface area contributed by atoms with E-state index in [0.717, 1.165) is 18.6 Å². The number of nitrogens with one attached hydrogen (secondary N) is 1. The molecule has 1 unspecified atom stereocenters. The molecule has 19 heavy (non-hydrogen) atoms. The maximum absolute atomic E-state index is 11.6. The van der Waals surface area contributed by atoms with Gasteiger partial charge in [-0.3, -0.25) is 4.79 Å². The van der Waals surface area contributed by atoms with Crippen molar-refractivity contribution in [2.24, 2.45) is 11.0 Å². The fourth-order valence-corrected chi connectivity index (χ4v) is 2.32. The van der Waals surface area contributed by atoms with Crippen LogP contribution < -0.4 is 10.2 Å². The molecule has 0 saturated heterocycles. The minimum absolute atomic E-state index is 0.00240. The lowest BCUT2D eigenvalue weighted by molar-refractivity contribution is -0.123. The molecule has 0 aromatic heterocycles. The molecule has 0 radical (unpaired) electrons. The first kappa shape index (κ1) is 13.6. The predicted octanol–water partition coefficient (Wildman–Crippen LogP) is 2.75. The number of nitrogens with zero attached hydrogens (tertiary/aromatic N) is 1. The fraction of sp³-hybridized carbons (Fsp3) is 0.467. The van der Waals surface area contributed by atoms with Gasteiger partial charge in [-0.25, -0.2) is 5.43 Å². The smallest absolute Gasteiger partial charge is 0.277 e. The van der Waals surface area contributed by atoms with E-state index in [-0.39, 0.29) is 12.5 Å². The summed E-state index contributed by atoms with van der Waals surface area (Å²) in [5, 5.41) is 4.22. The van der Waals surface area contributed by atoms with E-state index in [1.807, 2.05) is 30.3 Å². The van der Waals surface area contributed by atoms with Crippen LogP contribution in [0.5, 0.6) is 5.75 Å². The Balaban J connectivity index is 1.77. The van der Waals surface area contributed by atoms with Crippen LogP contribution in [-0.4, -0.2) is 18.2 Å². The summed E-state index contributed by atoms with van der Waals surface area (Å²) in [6, 6.07) is 9.30. The molecule has 1 N–H and O–H groups in total. The van der Waals surface area contributed by atoms with Crippen molar-refractivity contribution < 1.29 is 9.53 Å². The maximum Gasteiger partial charge on any atom is 0.277 e. The first-order valence-corrected chi connectivity index (χ1v) is 6.82. The van der Waals surface area contributed by atoms with Gasteiger partial charge in [0.1, 0.15) is 5.75 Å². The minimum atomic E-state index is -0.210. The quantitative estimate of drug-likeness (QED) is 0.828. The van der Waals surface area contributed by atoms with E-state index in [1.54, 1.807) is 0 Å². The summed E-state index contributed by atoms with van der Waals surface area (Å²) in [5.74, 6) is 1.02. The van der Waals surface area contributed by atoms with Gasteiger partial charge < -0.3 is 4.74 Å². The van der Waals surface area contributed by atoms with Gasteiger partial charge in [0.2, 0.25) is 0 Å². The summed E-state index contributed by atoms with van der Waals surface area (Å²) in [5.41, 5.74) is 3.70. The van der Waals surface area contributed by atoms with Gasteiger partial charge in [0.05, 0.1) is 0 Å². The van der Waals surface area contributed by atoms with Gasteiger partial charge in [-0.15, -0.1) is 0 Å². The molecule has 2 rings (SSSR count).